The summed E-state index contributed by atoms with van der Waals surface area (Å²) in [7, 11) is -3.09. The minimum atomic E-state index is -3.09. The first-order valence-electron chi connectivity index (χ1n) is 6.47. The quantitative estimate of drug-likeness (QED) is 0.808. The Morgan fingerprint density at radius 1 is 0.941 bits per heavy atom. The molecular weight excluding hydrogens is 232 g/mol. The lowest BCUT2D eigenvalue weighted by atomic mass is 9.70. The van der Waals surface area contributed by atoms with Gasteiger partial charge in [0, 0.05) is 0 Å². The van der Waals surface area contributed by atoms with Gasteiger partial charge in [-0.05, 0) is 43.2 Å². The van der Waals surface area contributed by atoms with Crippen LogP contribution in [-0.2, 0) is 9.84 Å². The molecule has 0 radical (unpaired) electrons. The van der Waals surface area contributed by atoms with E-state index < -0.39 is 9.84 Å². The summed E-state index contributed by atoms with van der Waals surface area (Å²) in [5, 5.41) is -0.114. The monoisotopic (exact) mass is 250 g/mol. The molecule has 1 unspecified atom stereocenters. The van der Waals surface area contributed by atoms with Crippen molar-refractivity contribution in [1.29, 1.82) is 0 Å². The van der Waals surface area contributed by atoms with Gasteiger partial charge in [-0.2, -0.15) is 0 Å². The molecule has 0 heterocycles. The Labute approximate surface area is 103 Å². The summed E-state index contributed by atoms with van der Waals surface area (Å²) >= 11 is 0. The van der Waals surface area contributed by atoms with Crippen LogP contribution in [0, 0.1) is 11.8 Å². The van der Waals surface area contributed by atoms with Gasteiger partial charge >= 0.3 is 0 Å². The normalized spacial score (nSPS) is 32.6. The zero-order chi connectivity index (χ0) is 11.9. The van der Waals surface area contributed by atoms with E-state index in [2.05, 4.69) is 0 Å². The van der Waals surface area contributed by atoms with Gasteiger partial charge in [0.1, 0.15) is 0 Å². The highest BCUT2D eigenvalue weighted by molar-refractivity contribution is 7.92. The van der Waals surface area contributed by atoms with E-state index in [9.17, 15) is 8.42 Å². The predicted octanol–water partition coefficient (Wildman–Crippen LogP) is 3.04. The third-order valence-corrected chi connectivity index (χ3v) is 6.76. The van der Waals surface area contributed by atoms with E-state index in [0.717, 1.165) is 19.3 Å². The molecule has 2 bridgehead atoms. The fraction of sp³-hybridized carbons (Fsp3) is 0.571. The number of benzene rings is 1. The van der Waals surface area contributed by atoms with Gasteiger partial charge in [-0.3, -0.25) is 0 Å². The van der Waals surface area contributed by atoms with Crippen LogP contribution in [0.1, 0.15) is 32.1 Å². The fourth-order valence-corrected chi connectivity index (χ4v) is 5.67. The molecule has 3 aliphatic rings. The van der Waals surface area contributed by atoms with Crippen molar-refractivity contribution < 1.29 is 8.42 Å². The van der Waals surface area contributed by atoms with Gasteiger partial charge in [0.15, 0.2) is 9.84 Å². The average molecular weight is 250 g/mol. The zero-order valence-corrected chi connectivity index (χ0v) is 10.7. The molecule has 3 saturated carbocycles. The first-order chi connectivity index (χ1) is 8.18. The summed E-state index contributed by atoms with van der Waals surface area (Å²) in [6.45, 7) is 0. The van der Waals surface area contributed by atoms with Crippen LogP contribution < -0.4 is 0 Å². The van der Waals surface area contributed by atoms with Crippen LogP contribution in [0.15, 0.2) is 35.2 Å². The van der Waals surface area contributed by atoms with Gasteiger partial charge in [0.05, 0.1) is 10.1 Å². The second-order valence-corrected chi connectivity index (χ2v) is 7.58. The summed E-state index contributed by atoms with van der Waals surface area (Å²) < 4.78 is 25.2. The summed E-state index contributed by atoms with van der Waals surface area (Å²) in [4.78, 5) is 0.512. The molecule has 2 nitrogen and oxygen atoms in total. The molecule has 0 spiro atoms. The minimum Gasteiger partial charge on any atom is -0.223 e. The smallest absolute Gasteiger partial charge is 0.181 e. The number of rotatable bonds is 2. The van der Waals surface area contributed by atoms with Crippen molar-refractivity contribution in [3.05, 3.63) is 30.3 Å². The maximum absolute atomic E-state index is 12.6. The van der Waals surface area contributed by atoms with Gasteiger partial charge in [-0.15, -0.1) is 0 Å². The van der Waals surface area contributed by atoms with Crippen LogP contribution in [0.25, 0.3) is 0 Å². The van der Waals surface area contributed by atoms with E-state index in [4.69, 9.17) is 0 Å². The minimum absolute atomic E-state index is 0.114. The maximum atomic E-state index is 12.6. The molecular formula is C14H18O2S. The first kappa shape index (κ1) is 11.3. The number of sulfone groups is 1. The third kappa shape index (κ3) is 1.90. The molecule has 4 rings (SSSR count). The van der Waals surface area contributed by atoms with E-state index in [1.54, 1.807) is 12.1 Å². The number of hydrogen-bond donors (Lipinski definition) is 0. The summed E-state index contributed by atoms with van der Waals surface area (Å²) in [5.74, 6) is 1.06. The van der Waals surface area contributed by atoms with Gasteiger partial charge in [-0.25, -0.2) is 8.42 Å². The summed E-state index contributed by atoms with van der Waals surface area (Å²) in [5.41, 5.74) is 0. The molecule has 3 heteroatoms. The van der Waals surface area contributed by atoms with E-state index in [0.29, 0.717) is 16.7 Å². The maximum Gasteiger partial charge on any atom is 0.181 e. The highest BCUT2D eigenvalue weighted by atomic mass is 32.2. The SMILES string of the molecule is O=S(=O)(c1ccccc1)C1CC2CCC1CC2. The molecule has 0 N–H and O–H groups in total. The Balaban J connectivity index is 1.94. The van der Waals surface area contributed by atoms with Crippen LogP contribution >= 0.6 is 0 Å². The number of hydrogen-bond acceptors (Lipinski definition) is 2. The molecule has 0 aliphatic heterocycles. The van der Waals surface area contributed by atoms with E-state index in [-0.39, 0.29) is 5.25 Å². The summed E-state index contributed by atoms with van der Waals surface area (Å²) in [6.07, 6.45) is 5.60. The largest absolute Gasteiger partial charge is 0.223 e. The van der Waals surface area contributed by atoms with Gasteiger partial charge in [0.25, 0.3) is 0 Å². The lowest BCUT2D eigenvalue weighted by Gasteiger charge is -2.41. The van der Waals surface area contributed by atoms with Crippen molar-refractivity contribution in [2.24, 2.45) is 11.8 Å². The molecule has 3 aliphatic carbocycles. The highest BCUT2D eigenvalue weighted by Crippen LogP contribution is 2.45. The molecule has 17 heavy (non-hydrogen) atoms. The summed E-state index contributed by atoms with van der Waals surface area (Å²) in [6, 6.07) is 8.96. The molecule has 0 saturated heterocycles. The van der Waals surface area contributed by atoms with E-state index >= 15 is 0 Å². The number of fused-ring (bicyclic) bond motifs is 3. The zero-order valence-electron chi connectivity index (χ0n) is 9.88. The molecule has 3 fully saturated rings. The Morgan fingerprint density at radius 3 is 2.12 bits per heavy atom. The van der Waals surface area contributed by atoms with Crippen molar-refractivity contribution >= 4 is 9.84 Å². The van der Waals surface area contributed by atoms with Crippen LogP contribution in [0.3, 0.4) is 0 Å². The second-order valence-electron chi connectivity index (χ2n) is 5.41. The van der Waals surface area contributed by atoms with Crippen LogP contribution in [0.4, 0.5) is 0 Å². The Hall–Kier alpha value is -0.830. The molecule has 0 aromatic heterocycles. The van der Waals surface area contributed by atoms with Crippen molar-refractivity contribution in [2.45, 2.75) is 42.2 Å². The van der Waals surface area contributed by atoms with Crippen molar-refractivity contribution in [3.8, 4) is 0 Å². The molecule has 0 amide bonds. The Bertz CT molecular complexity index is 484. The Kier molecular flexibility index (Phi) is 2.74. The van der Waals surface area contributed by atoms with Crippen molar-refractivity contribution in [1.82, 2.24) is 0 Å². The highest BCUT2D eigenvalue weighted by Gasteiger charge is 2.42. The third-order valence-electron chi connectivity index (χ3n) is 4.45. The van der Waals surface area contributed by atoms with Crippen molar-refractivity contribution in [3.63, 3.8) is 0 Å². The van der Waals surface area contributed by atoms with E-state index in [1.165, 1.54) is 12.8 Å². The van der Waals surface area contributed by atoms with Crippen LogP contribution in [-0.4, -0.2) is 13.7 Å². The standard InChI is InChI=1S/C14H18O2S/c15-17(16,13-4-2-1-3-5-13)14-10-11-6-8-12(14)9-7-11/h1-5,11-12,14H,6-10H2. The predicted molar refractivity (Wildman–Crippen MR) is 67.5 cm³/mol. The van der Waals surface area contributed by atoms with Gasteiger partial charge < -0.3 is 0 Å². The van der Waals surface area contributed by atoms with E-state index in [1.807, 2.05) is 18.2 Å². The van der Waals surface area contributed by atoms with Crippen molar-refractivity contribution in [2.75, 3.05) is 0 Å². The first-order valence-corrected chi connectivity index (χ1v) is 8.01. The molecule has 1 aromatic rings. The van der Waals surface area contributed by atoms with Crippen LogP contribution in [0.2, 0.25) is 0 Å². The van der Waals surface area contributed by atoms with Crippen LogP contribution in [0.5, 0.6) is 0 Å². The lowest BCUT2D eigenvalue weighted by Crippen LogP contribution is -2.40. The topological polar surface area (TPSA) is 34.1 Å². The molecule has 1 aromatic carbocycles. The lowest BCUT2D eigenvalue weighted by molar-refractivity contribution is 0.179. The van der Waals surface area contributed by atoms with Gasteiger partial charge in [0.2, 0.25) is 0 Å². The Morgan fingerprint density at radius 2 is 1.59 bits per heavy atom. The molecule has 92 valence electrons. The average Bonchev–Trinajstić information content (AvgIpc) is 2.41. The fourth-order valence-electron chi connectivity index (χ4n) is 3.48. The second kappa shape index (κ2) is 4.13. The van der Waals surface area contributed by atoms with Gasteiger partial charge in [-0.1, -0.05) is 31.0 Å². The molecule has 1 atom stereocenters.